The fourth-order valence-electron chi connectivity index (χ4n) is 3.29. The van der Waals surface area contributed by atoms with Gasteiger partial charge in [0, 0.05) is 6.07 Å². The smallest absolute Gasteiger partial charge is 0.453 e. The normalized spacial score (nSPS) is 11.5. The van der Waals surface area contributed by atoms with Crippen molar-refractivity contribution in [3.8, 4) is 17.2 Å². The van der Waals surface area contributed by atoms with Gasteiger partial charge in [0.2, 0.25) is 11.2 Å². The minimum atomic E-state index is -4.93. The lowest BCUT2D eigenvalue weighted by atomic mass is 10.1. The maximum Gasteiger partial charge on any atom is 0.453 e. The highest BCUT2D eigenvalue weighted by atomic mass is 19.4. The number of hydrogen-bond acceptors (Lipinski definition) is 4. The molecule has 0 radical (unpaired) electrons. The molecule has 0 fully saturated rings. The van der Waals surface area contributed by atoms with Crippen molar-refractivity contribution >= 4 is 11.0 Å². The van der Waals surface area contributed by atoms with Gasteiger partial charge in [0.15, 0.2) is 0 Å². The number of alkyl halides is 3. The predicted octanol–water partition coefficient (Wildman–Crippen LogP) is 7.05. The van der Waals surface area contributed by atoms with Crippen LogP contribution in [0.25, 0.3) is 11.0 Å². The van der Waals surface area contributed by atoms with Gasteiger partial charge in [-0.05, 0) is 48.7 Å². The maximum absolute atomic E-state index is 13.7. The molecule has 3 aromatic carbocycles. The van der Waals surface area contributed by atoms with E-state index >= 15 is 0 Å². The minimum absolute atomic E-state index is 0.0362. The first-order valence-corrected chi connectivity index (χ1v) is 10.4. The Morgan fingerprint density at radius 1 is 0.879 bits per heavy atom. The fraction of sp³-hybridized carbons (Fsp3) is 0.192. The lowest BCUT2D eigenvalue weighted by molar-refractivity contribution is -0.154. The van der Waals surface area contributed by atoms with E-state index in [2.05, 4.69) is 0 Å². The number of benzene rings is 3. The summed E-state index contributed by atoms with van der Waals surface area (Å²) in [5, 5.41) is -0.0362. The summed E-state index contributed by atoms with van der Waals surface area (Å²) in [7, 11) is 0. The molecule has 0 spiro atoms. The topological polar surface area (TPSA) is 48.7 Å². The number of hydrogen-bond donors (Lipinski definition) is 0. The lowest BCUT2D eigenvalue weighted by Gasteiger charge is -2.14. The van der Waals surface area contributed by atoms with Gasteiger partial charge >= 0.3 is 6.18 Å². The minimum Gasteiger partial charge on any atom is -0.489 e. The Balaban J connectivity index is 1.69. The molecule has 33 heavy (non-hydrogen) atoms. The highest BCUT2D eigenvalue weighted by Gasteiger charge is 2.40. The van der Waals surface area contributed by atoms with Crippen LogP contribution in [0.4, 0.5) is 13.2 Å². The first-order chi connectivity index (χ1) is 15.7. The number of halogens is 3. The number of aryl methyl sites for hydroxylation is 2. The van der Waals surface area contributed by atoms with Gasteiger partial charge in [-0.15, -0.1) is 0 Å². The van der Waals surface area contributed by atoms with Crippen molar-refractivity contribution in [3.05, 3.63) is 99.4 Å². The summed E-state index contributed by atoms with van der Waals surface area (Å²) >= 11 is 0. The van der Waals surface area contributed by atoms with E-state index in [9.17, 15) is 18.0 Å². The summed E-state index contributed by atoms with van der Waals surface area (Å²) in [5.74, 6) is -1.99. The van der Waals surface area contributed by atoms with Crippen LogP contribution in [-0.4, -0.2) is 0 Å². The third-order valence-electron chi connectivity index (χ3n) is 5.16. The molecule has 0 saturated carbocycles. The quantitative estimate of drug-likeness (QED) is 0.313. The highest BCUT2D eigenvalue weighted by Crippen LogP contribution is 2.38. The van der Waals surface area contributed by atoms with E-state index in [0.29, 0.717) is 0 Å². The molecular weight excluding hydrogens is 433 g/mol. The molecule has 4 nitrogen and oxygen atoms in total. The zero-order valence-electron chi connectivity index (χ0n) is 18.0. The Hall–Kier alpha value is -3.74. The van der Waals surface area contributed by atoms with E-state index in [0.717, 1.165) is 23.1 Å². The molecule has 7 heteroatoms. The highest BCUT2D eigenvalue weighted by molar-refractivity contribution is 5.79. The van der Waals surface area contributed by atoms with Crippen molar-refractivity contribution in [2.45, 2.75) is 33.1 Å². The SMILES string of the molecule is CCc1ccc(Oc2c(C(F)(F)F)oc3cc(OCc4ccc(C)cc4)ccc3c2=O)cc1. The van der Waals surface area contributed by atoms with Gasteiger partial charge in [-0.25, -0.2) is 0 Å². The van der Waals surface area contributed by atoms with Crippen molar-refractivity contribution < 1.29 is 27.1 Å². The maximum atomic E-state index is 13.7. The van der Waals surface area contributed by atoms with Crippen LogP contribution in [0, 0.1) is 6.92 Å². The van der Waals surface area contributed by atoms with Crippen LogP contribution in [0.2, 0.25) is 0 Å². The Morgan fingerprint density at radius 2 is 1.52 bits per heavy atom. The molecule has 0 aliphatic rings. The molecule has 170 valence electrons. The average molecular weight is 454 g/mol. The molecule has 4 aromatic rings. The third-order valence-corrected chi connectivity index (χ3v) is 5.16. The molecule has 0 bridgehead atoms. The Kier molecular flexibility index (Phi) is 6.14. The van der Waals surface area contributed by atoms with E-state index in [1.807, 2.05) is 38.1 Å². The molecule has 0 aliphatic heterocycles. The van der Waals surface area contributed by atoms with Crippen LogP contribution in [0.3, 0.4) is 0 Å². The summed E-state index contributed by atoms with van der Waals surface area (Å²) in [6.07, 6.45) is -4.16. The molecule has 0 aliphatic carbocycles. The summed E-state index contributed by atoms with van der Waals surface area (Å²) in [5.41, 5.74) is 1.85. The summed E-state index contributed by atoms with van der Waals surface area (Å²) in [6, 6.07) is 18.3. The third kappa shape index (κ3) is 5.03. The Labute approximate surface area is 188 Å². The van der Waals surface area contributed by atoms with Crippen LogP contribution < -0.4 is 14.9 Å². The van der Waals surface area contributed by atoms with Crippen molar-refractivity contribution in [1.82, 2.24) is 0 Å². The number of ether oxygens (including phenoxy) is 2. The van der Waals surface area contributed by atoms with Gasteiger partial charge in [-0.3, -0.25) is 4.79 Å². The number of fused-ring (bicyclic) bond motifs is 1. The average Bonchev–Trinajstić information content (AvgIpc) is 2.80. The van der Waals surface area contributed by atoms with Crippen molar-refractivity contribution in [3.63, 3.8) is 0 Å². The Morgan fingerprint density at radius 3 is 2.15 bits per heavy atom. The van der Waals surface area contributed by atoms with Crippen LogP contribution in [0.1, 0.15) is 29.4 Å². The summed E-state index contributed by atoms with van der Waals surface area (Å²) in [4.78, 5) is 12.9. The standard InChI is InChI=1S/C26H21F3O4/c1-3-17-8-10-19(11-9-17)32-24-23(30)21-13-12-20(14-22(21)33-25(24)26(27,28)29)31-15-18-6-4-16(2)5-7-18/h4-14H,3,15H2,1-2H3. The lowest BCUT2D eigenvalue weighted by Crippen LogP contribution is -2.15. The largest absolute Gasteiger partial charge is 0.489 e. The van der Waals surface area contributed by atoms with Crippen LogP contribution in [0.5, 0.6) is 17.2 Å². The molecule has 0 unspecified atom stereocenters. The van der Waals surface area contributed by atoms with Crippen LogP contribution >= 0.6 is 0 Å². The molecule has 4 rings (SSSR count). The van der Waals surface area contributed by atoms with Gasteiger partial charge in [0.05, 0.1) is 5.39 Å². The molecule has 0 N–H and O–H groups in total. The zero-order chi connectivity index (χ0) is 23.6. The first-order valence-electron chi connectivity index (χ1n) is 10.4. The summed E-state index contributed by atoms with van der Waals surface area (Å²) < 4.78 is 57.4. The molecule has 1 aromatic heterocycles. The van der Waals surface area contributed by atoms with Gasteiger partial charge in [0.1, 0.15) is 23.7 Å². The molecule has 1 heterocycles. The van der Waals surface area contributed by atoms with E-state index in [4.69, 9.17) is 13.9 Å². The second-order valence-electron chi connectivity index (χ2n) is 7.62. The summed E-state index contributed by atoms with van der Waals surface area (Å²) in [6.45, 7) is 4.14. The molecular formula is C26H21F3O4. The zero-order valence-corrected chi connectivity index (χ0v) is 18.0. The fourth-order valence-corrected chi connectivity index (χ4v) is 3.29. The predicted molar refractivity (Wildman–Crippen MR) is 119 cm³/mol. The van der Waals surface area contributed by atoms with Gasteiger partial charge in [0.25, 0.3) is 5.76 Å². The second kappa shape index (κ2) is 9.02. The van der Waals surface area contributed by atoms with E-state index < -0.39 is 23.1 Å². The van der Waals surface area contributed by atoms with E-state index in [1.54, 1.807) is 12.1 Å². The Bertz CT molecular complexity index is 1320. The van der Waals surface area contributed by atoms with E-state index in [-0.39, 0.29) is 29.1 Å². The van der Waals surface area contributed by atoms with Crippen molar-refractivity contribution in [1.29, 1.82) is 0 Å². The van der Waals surface area contributed by atoms with Gasteiger partial charge < -0.3 is 13.9 Å². The van der Waals surface area contributed by atoms with Gasteiger partial charge in [-0.2, -0.15) is 13.2 Å². The van der Waals surface area contributed by atoms with Crippen LogP contribution in [-0.2, 0) is 19.2 Å². The van der Waals surface area contributed by atoms with Gasteiger partial charge in [-0.1, -0.05) is 48.9 Å². The monoisotopic (exact) mass is 454 g/mol. The first kappa shape index (κ1) is 22.5. The molecule has 0 amide bonds. The number of rotatable bonds is 6. The second-order valence-corrected chi connectivity index (χ2v) is 7.62. The van der Waals surface area contributed by atoms with E-state index in [1.165, 1.54) is 30.3 Å². The molecule has 0 atom stereocenters. The van der Waals surface area contributed by atoms with Crippen molar-refractivity contribution in [2.24, 2.45) is 0 Å². The van der Waals surface area contributed by atoms with Crippen molar-refractivity contribution in [2.75, 3.05) is 0 Å². The van der Waals surface area contributed by atoms with Crippen LogP contribution in [0.15, 0.2) is 75.9 Å². The molecule has 0 saturated heterocycles.